The van der Waals surface area contributed by atoms with Crippen molar-refractivity contribution in [3.8, 4) is 0 Å². The zero-order valence-electron chi connectivity index (χ0n) is 14.6. The molecule has 0 aromatic carbocycles. The van der Waals surface area contributed by atoms with Gasteiger partial charge in [-0.05, 0) is 32.6 Å². The third kappa shape index (κ3) is 6.37. The third-order valence-corrected chi connectivity index (χ3v) is 4.77. The molecule has 2 fully saturated rings. The second-order valence-electron chi connectivity index (χ2n) is 6.91. The van der Waals surface area contributed by atoms with Gasteiger partial charge < -0.3 is 20.7 Å². The van der Waals surface area contributed by atoms with Crippen LogP contribution in [0.25, 0.3) is 0 Å². The van der Waals surface area contributed by atoms with Crippen molar-refractivity contribution in [2.75, 3.05) is 26.7 Å². The summed E-state index contributed by atoms with van der Waals surface area (Å²) in [5.74, 6) is 0.859. The molecule has 1 unspecified atom stereocenters. The highest BCUT2D eigenvalue weighted by atomic mass is 16.5. The number of carbonyl (C=O) groups excluding carboxylic acids is 1. The minimum Gasteiger partial charge on any atom is -0.373 e. The lowest BCUT2D eigenvalue weighted by Gasteiger charge is -2.25. The standard InChI is InChI=1S/C17H32N4O2/c1-17(10-6-12-23-17)13-20-16(18-2)19-11-9-15(22)21-14-7-4-3-5-8-14/h14H,3-13H2,1-2H3,(H,21,22)(H2,18,19,20). The molecule has 1 heterocycles. The fourth-order valence-electron chi connectivity index (χ4n) is 3.31. The van der Waals surface area contributed by atoms with E-state index < -0.39 is 0 Å². The second-order valence-corrected chi connectivity index (χ2v) is 6.91. The lowest BCUT2D eigenvalue weighted by Crippen LogP contribution is -2.46. The van der Waals surface area contributed by atoms with Gasteiger partial charge in [0.05, 0.1) is 5.60 Å². The van der Waals surface area contributed by atoms with E-state index in [1.165, 1.54) is 19.3 Å². The number of carbonyl (C=O) groups is 1. The Morgan fingerprint density at radius 3 is 2.65 bits per heavy atom. The molecule has 6 heteroatoms. The first kappa shape index (κ1) is 18.0. The Morgan fingerprint density at radius 1 is 1.22 bits per heavy atom. The van der Waals surface area contributed by atoms with Crippen molar-refractivity contribution in [3.63, 3.8) is 0 Å². The number of amides is 1. The van der Waals surface area contributed by atoms with E-state index in [0.29, 0.717) is 19.0 Å². The maximum Gasteiger partial charge on any atom is 0.221 e. The number of guanidine groups is 1. The number of ether oxygens (including phenoxy) is 1. The van der Waals surface area contributed by atoms with Gasteiger partial charge in [0.15, 0.2) is 5.96 Å². The average Bonchev–Trinajstić information content (AvgIpc) is 2.98. The molecule has 1 aliphatic carbocycles. The van der Waals surface area contributed by atoms with Crippen LogP contribution in [0, 0.1) is 0 Å². The van der Waals surface area contributed by atoms with Gasteiger partial charge in [-0.25, -0.2) is 0 Å². The zero-order chi connectivity index (χ0) is 16.5. The van der Waals surface area contributed by atoms with Crippen molar-refractivity contribution in [3.05, 3.63) is 0 Å². The van der Waals surface area contributed by atoms with Crippen molar-refractivity contribution < 1.29 is 9.53 Å². The molecule has 1 saturated heterocycles. The van der Waals surface area contributed by atoms with Gasteiger partial charge in [0.2, 0.25) is 5.91 Å². The van der Waals surface area contributed by atoms with Gasteiger partial charge in [0, 0.05) is 39.2 Å². The molecule has 132 valence electrons. The monoisotopic (exact) mass is 324 g/mol. The molecule has 1 atom stereocenters. The van der Waals surface area contributed by atoms with Crippen LogP contribution in [0.3, 0.4) is 0 Å². The summed E-state index contributed by atoms with van der Waals surface area (Å²) in [4.78, 5) is 16.2. The normalized spacial score (nSPS) is 26.1. The smallest absolute Gasteiger partial charge is 0.221 e. The molecule has 1 saturated carbocycles. The zero-order valence-corrected chi connectivity index (χ0v) is 14.6. The van der Waals surface area contributed by atoms with Gasteiger partial charge in [0.25, 0.3) is 0 Å². The van der Waals surface area contributed by atoms with Crippen molar-refractivity contribution in [1.29, 1.82) is 0 Å². The van der Waals surface area contributed by atoms with Gasteiger partial charge in [-0.2, -0.15) is 0 Å². The van der Waals surface area contributed by atoms with E-state index in [2.05, 4.69) is 27.9 Å². The maximum absolute atomic E-state index is 12.0. The minimum absolute atomic E-state index is 0.101. The number of nitrogens with one attached hydrogen (secondary N) is 3. The molecule has 6 nitrogen and oxygen atoms in total. The lowest BCUT2D eigenvalue weighted by atomic mass is 9.95. The first-order chi connectivity index (χ1) is 11.1. The maximum atomic E-state index is 12.0. The minimum atomic E-state index is -0.101. The molecular weight excluding hydrogens is 292 g/mol. The number of hydrogen-bond acceptors (Lipinski definition) is 3. The highest BCUT2D eigenvalue weighted by molar-refractivity contribution is 5.81. The van der Waals surface area contributed by atoms with Crippen LogP contribution in [-0.2, 0) is 9.53 Å². The fraction of sp³-hybridized carbons (Fsp3) is 0.882. The van der Waals surface area contributed by atoms with Crippen LogP contribution in [0.15, 0.2) is 4.99 Å². The van der Waals surface area contributed by atoms with Crippen molar-refractivity contribution >= 4 is 11.9 Å². The Balaban J connectivity index is 1.60. The Kier molecular flexibility index (Phi) is 7.15. The molecule has 0 aromatic heterocycles. The molecule has 0 radical (unpaired) electrons. The highest BCUT2D eigenvalue weighted by Crippen LogP contribution is 2.23. The van der Waals surface area contributed by atoms with E-state index in [1.54, 1.807) is 7.05 Å². The second kappa shape index (κ2) is 9.11. The topological polar surface area (TPSA) is 74.8 Å². The number of hydrogen-bond donors (Lipinski definition) is 3. The van der Waals surface area contributed by atoms with Crippen LogP contribution in [0.2, 0.25) is 0 Å². The van der Waals surface area contributed by atoms with E-state index in [-0.39, 0.29) is 11.5 Å². The van der Waals surface area contributed by atoms with E-state index in [4.69, 9.17) is 4.74 Å². The summed E-state index contributed by atoms with van der Waals surface area (Å²) in [6.45, 7) is 4.29. The summed E-state index contributed by atoms with van der Waals surface area (Å²) < 4.78 is 5.75. The largest absolute Gasteiger partial charge is 0.373 e. The van der Waals surface area contributed by atoms with Crippen LogP contribution in [0.4, 0.5) is 0 Å². The summed E-state index contributed by atoms with van der Waals surface area (Å²) in [7, 11) is 1.75. The molecule has 2 rings (SSSR count). The lowest BCUT2D eigenvalue weighted by molar-refractivity contribution is -0.121. The van der Waals surface area contributed by atoms with Gasteiger partial charge in [0.1, 0.15) is 0 Å². The van der Waals surface area contributed by atoms with Crippen LogP contribution >= 0.6 is 0 Å². The summed E-state index contributed by atoms with van der Waals surface area (Å²) >= 11 is 0. The van der Waals surface area contributed by atoms with Gasteiger partial charge in [-0.1, -0.05) is 19.3 Å². The van der Waals surface area contributed by atoms with Crippen LogP contribution in [-0.4, -0.2) is 50.3 Å². The molecule has 23 heavy (non-hydrogen) atoms. The fourth-order valence-corrected chi connectivity index (χ4v) is 3.31. The first-order valence-electron chi connectivity index (χ1n) is 8.99. The Labute approximate surface area is 139 Å². The summed E-state index contributed by atoms with van der Waals surface area (Å²) in [5.41, 5.74) is -0.101. The van der Waals surface area contributed by atoms with Gasteiger partial charge >= 0.3 is 0 Å². The molecule has 0 aromatic rings. The van der Waals surface area contributed by atoms with Crippen LogP contribution in [0.5, 0.6) is 0 Å². The number of nitrogens with zero attached hydrogens (tertiary/aromatic N) is 1. The highest BCUT2D eigenvalue weighted by Gasteiger charge is 2.29. The Bertz CT molecular complexity index is 399. The third-order valence-electron chi connectivity index (χ3n) is 4.77. The Hall–Kier alpha value is -1.30. The van der Waals surface area contributed by atoms with E-state index >= 15 is 0 Å². The molecule has 1 amide bonds. The van der Waals surface area contributed by atoms with Crippen LogP contribution in [0.1, 0.15) is 58.3 Å². The van der Waals surface area contributed by atoms with Crippen molar-refractivity contribution in [2.45, 2.75) is 69.9 Å². The predicted molar refractivity (Wildman–Crippen MR) is 92.6 cm³/mol. The summed E-state index contributed by atoms with van der Waals surface area (Å²) in [5, 5.41) is 9.62. The molecular formula is C17H32N4O2. The van der Waals surface area contributed by atoms with E-state index in [9.17, 15) is 4.79 Å². The first-order valence-corrected chi connectivity index (χ1v) is 8.99. The summed E-state index contributed by atoms with van der Waals surface area (Å²) in [6.07, 6.45) is 8.69. The summed E-state index contributed by atoms with van der Waals surface area (Å²) in [6, 6.07) is 0.383. The SMILES string of the molecule is CN=C(NCCC(=O)NC1CCCCC1)NCC1(C)CCCO1. The van der Waals surface area contributed by atoms with E-state index in [1.807, 2.05) is 0 Å². The van der Waals surface area contributed by atoms with Crippen LogP contribution < -0.4 is 16.0 Å². The molecule has 3 N–H and O–H groups in total. The quantitative estimate of drug-likeness (QED) is 0.512. The molecule has 2 aliphatic rings. The number of aliphatic imine (C=N–C) groups is 1. The molecule has 0 spiro atoms. The predicted octanol–water partition coefficient (Wildman–Crippen LogP) is 1.56. The average molecular weight is 324 g/mol. The number of rotatable bonds is 6. The molecule has 1 aliphatic heterocycles. The molecule has 0 bridgehead atoms. The van der Waals surface area contributed by atoms with E-state index in [0.717, 1.165) is 44.8 Å². The van der Waals surface area contributed by atoms with Crippen molar-refractivity contribution in [1.82, 2.24) is 16.0 Å². The van der Waals surface area contributed by atoms with Crippen molar-refractivity contribution in [2.24, 2.45) is 4.99 Å². The van der Waals surface area contributed by atoms with Gasteiger partial charge in [-0.3, -0.25) is 9.79 Å². The van der Waals surface area contributed by atoms with Gasteiger partial charge in [-0.15, -0.1) is 0 Å². The Morgan fingerprint density at radius 2 is 2.00 bits per heavy atom.